The molecule has 0 aliphatic heterocycles. The van der Waals surface area contributed by atoms with E-state index in [-0.39, 0.29) is 38.6 Å². The molecule has 4 unspecified atom stereocenters. The Morgan fingerprint density at radius 3 is 0.733 bits per heavy atom. The molecule has 0 fully saturated rings. The van der Waals surface area contributed by atoms with Gasteiger partial charge in [0.2, 0.25) is 0 Å². The van der Waals surface area contributed by atoms with Crippen LogP contribution in [0.3, 0.4) is 0 Å². The van der Waals surface area contributed by atoms with Crippen LogP contribution < -0.4 is 0 Å². The van der Waals surface area contributed by atoms with Gasteiger partial charge in [-0.2, -0.15) is 8.62 Å². The Kier molecular flexibility index (Phi) is 46.3. The molecule has 0 aliphatic carbocycles. The van der Waals surface area contributed by atoms with E-state index >= 15 is 0 Å². The standard InChI is InChI=1S/2C16H36O7P2.2C3H7O.O.Ti/c2*1-3-5-7-9-11-13-15-21-24(17,18)23-25(19,20)22-16-14-12-10-8-6-4-2;2*1-3(2)4;;/h2*3-16H2,1-2H3,(H,17,18)(H,19,20);2*3H,1-2H3;;/q;;2*-1;;+2. The maximum atomic E-state index is 11.7. The molecule has 0 bridgehead atoms. The number of phosphoric ester groups is 4. The van der Waals surface area contributed by atoms with Crippen LogP contribution >= 0.6 is 31.3 Å². The summed E-state index contributed by atoms with van der Waals surface area (Å²) in [5, 5.41) is 0. The fourth-order valence-corrected chi connectivity index (χ4v) is 10.6. The number of unbranched alkanes of at least 4 members (excludes halogenated alkanes) is 20. The zero-order valence-corrected chi connectivity index (χ0v) is 43.5. The Labute approximate surface area is 371 Å². The predicted octanol–water partition coefficient (Wildman–Crippen LogP) is 13.5. The van der Waals surface area contributed by atoms with Gasteiger partial charge in [-0.3, -0.25) is 18.1 Å². The van der Waals surface area contributed by atoms with Crippen molar-refractivity contribution in [2.45, 2.75) is 222 Å². The zero-order chi connectivity index (χ0) is 46.2. The maximum Gasteiger partial charge on any atom is 0.481 e. The minimum absolute atomic E-state index is 0.00579. The Morgan fingerprint density at radius 2 is 0.550 bits per heavy atom. The van der Waals surface area contributed by atoms with Gasteiger partial charge in [0.25, 0.3) is 0 Å². The molecule has 60 heavy (non-hydrogen) atoms. The van der Waals surface area contributed by atoms with Gasteiger partial charge in [0.15, 0.2) is 0 Å². The van der Waals surface area contributed by atoms with E-state index in [9.17, 15) is 41.2 Å². The fourth-order valence-electron chi connectivity index (χ4n) is 5.02. The summed E-state index contributed by atoms with van der Waals surface area (Å²) in [6.45, 7) is 15.9. The molecule has 17 nitrogen and oxygen atoms in total. The van der Waals surface area contributed by atoms with Crippen molar-refractivity contribution in [1.29, 1.82) is 0 Å². The van der Waals surface area contributed by atoms with Crippen LogP contribution in [0.2, 0.25) is 0 Å². The van der Waals surface area contributed by atoms with Crippen LogP contribution in [0.5, 0.6) is 0 Å². The van der Waals surface area contributed by atoms with Gasteiger partial charge < -0.3 is 19.6 Å². The molecule has 0 radical (unpaired) electrons. The van der Waals surface area contributed by atoms with E-state index in [4.69, 9.17) is 24.7 Å². The van der Waals surface area contributed by atoms with Crippen LogP contribution in [-0.4, -0.2) is 58.2 Å². The second-order valence-corrected chi connectivity index (χ2v) is 22.6. The van der Waals surface area contributed by atoms with E-state index in [0.717, 1.165) is 103 Å². The first-order valence-electron chi connectivity index (χ1n) is 22.4. The molecule has 0 spiro atoms. The van der Waals surface area contributed by atoms with E-state index in [0.29, 0.717) is 25.7 Å². The molecular weight excluding hydrogens is 900 g/mol. The van der Waals surface area contributed by atoms with Crippen LogP contribution in [0.1, 0.15) is 209 Å². The van der Waals surface area contributed by atoms with E-state index in [2.05, 4.69) is 36.3 Å². The van der Waals surface area contributed by atoms with E-state index < -0.39 is 49.9 Å². The first-order valence-corrected chi connectivity index (χ1v) is 30.3. The second kappa shape index (κ2) is 42.6. The third kappa shape index (κ3) is 53.3. The predicted molar refractivity (Wildman–Crippen MR) is 232 cm³/mol. The average molecular weight is 987 g/mol. The first kappa shape index (κ1) is 65.2. The van der Waals surface area contributed by atoms with Crippen molar-refractivity contribution in [2.75, 3.05) is 26.4 Å². The maximum absolute atomic E-state index is 11.7. The normalized spacial score (nSPS) is 15.6. The quantitative estimate of drug-likeness (QED) is 0.0253. The SMILES string of the molecule is CC(C)[O][Ti](=[O])[O]C(C)C.CCCCCCCCOP(=O)(O)OP(=O)(O)OCCCCCCCC.CCCCCCCCOP(=O)(O)OP(=O)(O)OCCCCCCCC. The van der Waals surface area contributed by atoms with Crippen LogP contribution in [0.15, 0.2) is 0 Å². The summed E-state index contributed by atoms with van der Waals surface area (Å²) in [5.41, 5.74) is 0. The minimum atomic E-state index is -4.58. The zero-order valence-electron chi connectivity index (χ0n) is 38.3. The summed E-state index contributed by atoms with van der Waals surface area (Å²) in [6.07, 6.45) is 23.9. The van der Waals surface area contributed by atoms with E-state index in [1.165, 1.54) is 25.7 Å². The van der Waals surface area contributed by atoms with Gasteiger partial charge in [-0.1, -0.05) is 156 Å². The minimum Gasteiger partial charge on any atom is -0.302 e. The summed E-state index contributed by atoms with van der Waals surface area (Å²) in [6, 6.07) is 0. The summed E-state index contributed by atoms with van der Waals surface area (Å²) >= 11 is -2.81. The van der Waals surface area contributed by atoms with Crippen molar-refractivity contribution in [3.8, 4) is 0 Å². The Hall–Kier alpha value is 0.954. The Bertz CT molecular complexity index is 1020. The molecule has 0 saturated carbocycles. The molecule has 0 heterocycles. The van der Waals surface area contributed by atoms with Gasteiger partial charge >= 0.3 is 99.8 Å². The van der Waals surface area contributed by atoms with E-state index in [1.807, 2.05) is 27.7 Å². The topological polar surface area (TPSA) is 240 Å². The number of hydrogen-bond donors (Lipinski definition) is 4. The van der Waals surface area contributed by atoms with Gasteiger partial charge in [-0.25, -0.2) is 18.3 Å². The molecule has 364 valence electrons. The Morgan fingerprint density at radius 1 is 0.367 bits per heavy atom. The van der Waals surface area contributed by atoms with Gasteiger partial charge in [-0.15, -0.1) is 0 Å². The average Bonchev–Trinajstić information content (AvgIpc) is 3.12. The van der Waals surface area contributed by atoms with Gasteiger partial charge in [-0.05, 0) is 25.7 Å². The molecule has 0 rings (SSSR count). The van der Waals surface area contributed by atoms with Gasteiger partial charge in [0, 0.05) is 0 Å². The van der Waals surface area contributed by atoms with Crippen molar-refractivity contribution in [3.63, 3.8) is 0 Å². The van der Waals surface area contributed by atoms with Crippen molar-refractivity contribution < 1.29 is 93.1 Å². The molecule has 0 aromatic rings. The van der Waals surface area contributed by atoms with Crippen LogP contribution in [-0.2, 0) is 73.6 Å². The molecule has 22 heteroatoms. The number of hydrogen-bond acceptors (Lipinski definition) is 13. The molecular formula is C38H86O17P4Ti. The Balaban J connectivity index is -0.000000884. The molecule has 4 atom stereocenters. The van der Waals surface area contributed by atoms with Crippen molar-refractivity contribution >= 4 is 31.3 Å². The fraction of sp³-hybridized carbons (Fsp3) is 1.00. The van der Waals surface area contributed by atoms with Gasteiger partial charge in [0.05, 0.1) is 26.4 Å². The monoisotopic (exact) mass is 986 g/mol. The van der Waals surface area contributed by atoms with E-state index in [1.54, 1.807) is 0 Å². The number of phosphoric acid groups is 4. The second-order valence-electron chi connectivity index (χ2n) is 15.0. The van der Waals surface area contributed by atoms with Crippen LogP contribution in [0.25, 0.3) is 0 Å². The largest absolute Gasteiger partial charge is 0.481 e. The molecule has 0 aromatic carbocycles. The first-order chi connectivity index (χ1) is 28.2. The van der Waals surface area contributed by atoms with Crippen LogP contribution in [0.4, 0.5) is 0 Å². The third-order valence-electron chi connectivity index (χ3n) is 8.09. The molecule has 0 saturated heterocycles. The van der Waals surface area contributed by atoms with Gasteiger partial charge in [0.1, 0.15) is 0 Å². The molecule has 4 N–H and O–H groups in total. The molecule has 0 aliphatic rings. The summed E-state index contributed by atoms with van der Waals surface area (Å²) in [4.78, 5) is 38.0. The molecule has 0 amide bonds. The summed E-state index contributed by atoms with van der Waals surface area (Å²) in [7, 11) is -18.3. The summed E-state index contributed by atoms with van der Waals surface area (Å²) < 4.78 is 94.9. The smallest absolute Gasteiger partial charge is 0.302 e. The summed E-state index contributed by atoms with van der Waals surface area (Å²) in [5.74, 6) is 0. The van der Waals surface area contributed by atoms with Crippen molar-refractivity contribution in [1.82, 2.24) is 0 Å². The van der Waals surface area contributed by atoms with Crippen LogP contribution in [0, 0.1) is 0 Å². The van der Waals surface area contributed by atoms with Crippen molar-refractivity contribution in [3.05, 3.63) is 0 Å². The number of rotatable bonds is 40. The van der Waals surface area contributed by atoms with Crippen molar-refractivity contribution in [2.24, 2.45) is 0 Å². The molecule has 0 aromatic heterocycles. The third-order valence-corrected chi connectivity index (χ3v) is 15.5.